The quantitative estimate of drug-likeness (QED) is 0.801. The summed E-state index contributed by atoms with van der Waals surface area (Å²) < 4.78 is 0. The number of H-pyrrole nitrogens is 1. The van der Waals surface area contributed by atoms with Gasteiger partial charge in [-0.2, -0.15) is 0 Å². The lowest BCUT2D eigenvalue weighted by Gasteiger charge is -2.27. The van der Waals surface area contributed by atoms with Crippen LogP contribution in [0.3, 0.4) is 0 Å². The largest absolute Gasteiger partial charge is 0.306 e. The van der Waals surface area contributed by atoms with Gasteiger partial charge in [-0.05, 0) is 18.1 Å². The molecule has 0 unspecified atom stereocenters. The Hall–Kier alpha value is -2.79. The summed E-state index contributed by atoms with van der Waals surface area (Å²) in [5.74, 6) is 0.653. The molecule has 3 heterocycles. The molecule has 0 amide bonds. The number of benzene rings is 1. The molecule has 3 aromatic rings. The van der Waals surface area contributed by atoms with E-state index in [1.807, 2.05) is 49.6 Å². The van der Waals surface area contributed by atoms with E-state index in [-0.39, 0.29) is 5.56 Å². The molecule has 126 valence electrons. The van der Waals surface area contributed by atoms with E-state index in [2.05, 4.69) is 20.9 Å². The van der Waals surface area contributed by atoms with Gasteiger partial charge >= 0.3 is 0 Å². The van der Waals surface area contributed by atoms with Crippen LogP contribution in [0, 0.1) is 6.92 Å². The Labute approximate surface area is 146 Å². The number of aromatic nitrogens is 3. The van der Waals surface area contributed by atoms with E-state index in [1.165, 1.54) is 5.56 Å². The summed E-state index contributed by atoms with van der Waals surface area (Å²) in [5.41, 5.74) is 4.94. The summed E-state index contributed by atoms with van der Waals surface area (Å²) in [7, 11) is 0. The van der Waals surface area contributed by atoms with Crippen LogP contribution in [-0.4, -0.2) is 26.4 Å². The minimum Gasteiger partial charge on any atom is -0.306 e. The maximum atomic E-state index is 12.6. The van der Waals surface area contributed by atoms with E-state index in [0.29, 0.717) is 12.4 Å². The molecule has 1 aliphatic heterocycles. The second kappa shape index (κ2) is 6.61. The molecule has 5 nitrogen and oxygen atoms in total. The standard InChI is InChI=1S/C20H20N4O/c1-14-9-15(11-21-10-14)12-24-8-7-18-17(13-24)20(25)23-19(22-18)16-5-3-2-4-6-16/h2-6,9-11H,7-8,12-13H2,1H3,(H,22,23,25). The van der Waals surface area contributed by atoms with Crippen LogP contribution in [0.5, 0.6) is 0 Å². The third-order valence-electron chi connectivity index (χ3n) is 4.53. The van der Waals surface area contributed by atoms with Crippen LogP contribution >= 0.6 is 0 Å². The van der Waals surface area contributed by atoms with Crippen molar-refractivity contribution < 1.29 is 0 Å². The van der Waals surface area contributed by atoms with E-state index < -0.39 is 0 Å². The molecule has 0 atom stereocenters. The van der Waals surface area contributed by atoms with Crippen molar-refractivity contribution in [1.82, 2.24) is 19.9 Å². The normalized spacial score (nSPS) is 14.3. The molecule has 1 aromatic carbocycles. The third-order valence-corrected chi connectivity index (χ3v) is 4.53. The number of nitrogens with zero attached hydrogens (tertiary/aromatic N) is 3. The molecule has 1 aliphatic rings. The van der Waals surface area contributed by atoms with Gasteiger partial charge in [-0.3, -0.25) is 14.7 Å². The van der Waals surface area contributed by atoms with Crippen LogP contribution in [0.25, 0.3) is 11.4 Å². The lowest BCUT2D eigenvalue weighted by molar-refractivity contribution is 0.241. The zero-order valence-corrected chi connectivity index (χ0v) is 14.2. The summed E-state index contributed by atoms with van der Waals surface area (Å²) in [5, 5.41) is 0. The molecular formula is C20H20N4O. The van der Waals surface area contributed by atoms with Crippen LogP contribution in [-0.2, 0) is 19.5 Å². The highest BCUT2D eigenvalue weighted by Gasteiger charge is 2.21. The first-order valence-corrected chi connectivity index (χ1v) is 8.49. The Balaban J connectivity index is 1.58. The second-order valence-electron chi connectivity index (χ2n) is 6.54. The molecule has 0 bridgehead atoms. The van der Waals surface area contributed by atoms with Crippen LogP contribution in [0.4, 0.5) is 0 Å². The molecule has 2 aromatic heterocycles. The van der Waals surface area contributed by atoms with Crippen LogP contribution in [0.1, 0.15) is 22.4 Å². The molecule has 0 aliphatic carbocycles. The number of rotatable bonds is 3. The predicted octanol–water partition coefficient (Wildman–Crippen LogP) is 2.70. The first-order chi connectivity index (χ1) is 12.2. The van der Waals surface area contributed by atoms with Gasteiger partial charge in [0.1, 0.15) is 5.82 Å². The molecule has 0 radical (unpaired) electrons. The molecule has 0 saturated carbocycles. The van der Waals surface area contributed by atoms with Gasteiger partial charge < -0.3 is 4.98 Å². The second-order valence-corrected chi connectivity index (χ2v) is 6.54. The SMILES string of the molecule is Cc1cncc(CN2CCc3nc(-c4ccccc4)[nH]c(=O)c3C2)c1. The van der Waals surface area contributed by atoms with E-state index in [4.69, 9.17) is 4.98 Å². The smallest absolute Gasteiger partial charge is 0.255 e. The summed E-state index contributed by atoms with van der Waals surface area (Å²) in [4.78, 5) is 26.7. The highest BCUT2D eigenvalue weighted by Crippen LogP contribution is 2.19. The summed E-state index contributed by atoms with van der Waals surface area (Å²) in [6.07, 6.45) is 4.54. The lowest BCUT2D eigenvalue weighted by atomic mass is 10.1. The number of nitrogens with one attached hydrogen (secondary N) is 1. The number of hydrogen-bond donors (Lipinski definition) is 1. The Morgan fingerprint density at radius 1 is 1.20 bits per heavy atom. The van der Waals surface area contributed by atoms with Gasteiger partial charge in [0.25, 0.3) is 5.56 Å². The maximum absolute atomic E-state index is 12.6. The van der Waals surface area contributed by atoms with Gasteiger partial charge in [0.05, 0.1) is 11.3 Å². The molecule has 0 fully saturated rings. The highest BCUT2D eigenvalue weighted by atomic mass is 16.1. The van der Waals surface area contributed by atoms with E-state index in [0.717, 1.165) is 41.9 Å². The molecular weight excluding hydrogens is 312 g/mol. The van der Waals surface area contributed by atoms with Gasteiger partial charge in [0, 0.05) is 44.0 Å². The minimum absolute atomic E-state index is 0.0316. The fourth-order valence-electron chi connectivity index (χ4n) is 3.31. The third kappa shape index (κ3) is 3.37. The van der Waals surface area contributed by atoms with Gasteiger partial charge in [0.15, 0.2) is 0 Å². The van der Waals surface area contributed by atoms with Crippen LogP contribution < -0.4 is 5.56 Å². The van der Waals surface area contributed by atoms with Crippen molar-refractivity contribution in [2.45, 2.75) is 26.4 Å². The average molecular weight is 332 g/mol. The fraction of sp³-hybridized carbons (Fsp3) is 0.250. The molecule has 0 spiro atoms. The topological polar surface area (TPSA) is 61.9 Å². The lowest BCUT2D eigenvalue weighted by Crippen LogP contribution is -2.35. The molecule has 0 saturated heterocycles. The van der Waals surface area contributed by atoms with E-state index >= 15 is 0 Å². The zero-order valence-electron chi connectivity index (χ0n) is 14.2. The Morgan fingerprint density at radius 2 is 2.04 bits per heavy atom. The number of aryl methyl sites for hydroxylation is 1. The van der Waals surface area contributed by atoms with Crippen LogP contribution in [0.2, 0.25) is 0 Å². The van der Waals surface area contributed by atoms with Crippen molar-refractivity contribution in [3.63, 3.8) is 0 Å². The van der Waals surface area contributed by atoms with Gasteiger partial charge in [-0.1, -0.05) is 36.4 Å². The fourth-order valence-corrected chi connectivity index (χ4v) is 3.31. The van der Waals surface area contributed by atoms with Gasteiger partial charge in [-0.15, -0.1) is 0 Å². The molecule has 4 rings (SSSR count). The average Bonchev–Trinajstić information content (AvgIpc) is 2.63. The van der Waals surface area contributed by atoms with Crippen molar-refractivity contribution in [2.75, 3.05) is 6.54 Å². The number of hydrogen-bond acceptors (Lipinski definition) is 4. The first-order valence-electron chi connectivity index (χ1n) is 8.49. The predicted molar refractivity (Wildman–Crippen MR) is 97.1 cm³/mol. The summed E-state index contributed by atoms with van der Waals surface area (Å²) in [6, 6.07) is 11.9. The maximum Gasteiger partial charge on any atom is 0.255 e. The van der Waals surface area contributed by atoms with Crippen molar-refractivity contribution in [2.24, 2.45) is 0 Å². The van der Waals surface area contributed by atoms with Crippen molar-refractivity contribution in [3.8, 4) is 11.4 Å². The monoisotopic (exact) mass is 332 g/mol. The number of fused-ring (bicyclic) bond motifs is 1. The Morgan fingerprint density at radius 3 is 2.84 bits per heavy atom. The zero-order chi connectivity index (χ0) is 17.2. The van der Waals surface area contributed by atoms with Crippen molar-refractivity contribution >= 4 is 0 Å². The molecule has 1 N–H and O–H groups in total. The molecule has 25 heavy (non-hydrogen) atoms. The first kappa shape index (κ1) is 15.7. The van der Waals surface area contributed by atoms with Crippen molar-refractivity contribution in [1.29, 1.82) is 0 Å². The van der Waals surface area contributed by atoms with Gasteiger partial charge in [0.2, 0.25) is 0 Å². The summed E-state index contributed by atoms with van der Waals surface area (Å²) in [6.45, 7) is 4.36. The number of pyridine rings is 1. The minimum atomic E-state index is -0.0316. The summed E-state index contributed by atoms with van der Waals surface area (Å²) >= 11 is 0. The van der Waals surface area contributed by atoms with Crippen LogP contribution in [0.15, 0.2) is 53.6 Å². The number of aromatic amines is 1. The van der Waals surface area contributed by atoms with E-state index in [1.54, 1.807) is 0 Å². The van der Waals surface area contributed by atoms with Gasteiger partial charge in [-0.25, -0.2) is 4.98 Å². The van der Waals surface area contributed by atoms with E-state index in [9.17, 15) is 4.79 Å². The van der Waals surface area contributed by atoms with Crippen molar-refractivity contribution in [3.05, 3.63) is 81.5 Å². The molecule has 5 heteroatoms. The Kier molecular flexibility index (Phi) is 4.15. The highest BCUT2D eigenvalue weighted by molar-refractivity contribution is 5.54. The Bertz CT molecular complexity index is 949.